The maximum atomic E-state index is 14.3. The van der Waals surface area contributed by atoms with Gasteiger partial charge in [-0.3, -0.25) is 0 Å². The van der Waals surface area contributed by atoms with E-state index in [0.717, 1.165) is 42.2 Å². The quantitative estimate of drug-likeness (QED) is 0.280. The lowest BCUT2D eigenvalue weighted by atomic mass is 9.68. The van der Waals surface area contributed by atoms with Gasteiger partial charge in [0.2, 0.25) is 0 Å². The summed E-state index contributed by atoms with van der Waals surface area (Å²) in [4.78, 5) is 0. The van der Waals surface area contributed by atoms with Gasteiger partial charge < -0.3 is 0 Å². The molecule has 0 nitrogen and oxygen atoms in total. The molecular formula is C27H38F4. The Morgan fingerprint density at radius 1 is 0.871 bits per heavy atom. The van der Waals surface area contributed by atoms with E-state index in [0.29, 0.717) is 5.92 Å². The molecule has 0 amide bonds. The first kappa shape index (κ1) is 24.3. The molecule has 0 bridgehead atoms. The predicted octanol–water partition coefficient (Wildman–Crippen LogP) is 9.45. The van der Waals surface area contributed by atoms with Crippen LogP contribution in [0.5, 0.6) is 0 Å². The third kappa shape index (κ3) is 7.64. The third-order valence-corrected chi connectivity index (χ3v) is 7.74. The van der Waals surface area contributed by atoms with Crippen LogP contribution in [-0.2, 0) is 0 Å². The molecule has 174 valence electrons. The van der Waals surface area contributed by atoms with Crippen molar-refractivity contribution in [1.82, 2.24) is 0 Å². The van der Waals surface area contributed by atoms with Gasteiger partial charge in [-0.05, 0) is 79.9 Å². The number of benzene rings is 1. The highest BCUT2D eigenvalue weighted by Gasteiger charge is 2.31. The molecule has 2 aliphatic carbocycles. The number of hydrogen-bond donors (Lipinski definition) is 0. The van der Waals surface area contributed by atoms with Crippen molar-refractivity contribution in [2.45, 2.75) is 102 Å². The lowest BCUT2D eigenvalue weighted by Gasteiger charge is -2.38. The number of rotatable bonds is 8. The molecule has 31 heavy (non-hydrogen) atoms. The molecule has 0 unspecified atom stereocenters. The van der Waals surface area contributed by atoms with Crippen LogP contribution in [0, 0.1) is 23.6 Å². The van der Waals surface area contributed by atoms with E-state index in [1.54, 1.807) is 0 Å². The topological polar surface area (TPSA) is 0 Å². The van der Waals surface area contributed by atoms with Gasteiger partial charge in [0.1, 0.15) is 5.82 Å². The van der Waals surface area contributed by atoms with Crippen LogP contribution in [0.25, 0.3) is 6.08 Å². The van der Waals surface area contributed by atoms with E-state index in [-0.39, 0.29) is 11.6 Å². The van der Waals surface area contributed by atoms with Crippen LogP contribution < -0.4 is 0 Å². The third-order valence-electron chi connectivity index (χ3n) is 7.74. The van der Waals surface area contributed by atoms with Crippen LogP contribution in [0.3, 0.4) is 0 Å². The summed E-state index contributed by atoms with van der Waals surface area (Å²) < 4.78 is 51.3. The minimum atomic E-state index is -4.42. The molecule has 3 rings (SSSR count). The van der Waals surface area contributed by atoms with Gasteiger partial charge in [-0.25, -0.2) is 4.39 Å². The highest BCUT2D eigenvalue weighted by Crippen LogP contribution is 2.44. The molecule has 0 aliphatic heterocycles. The zero-order valence-electron chi connectivity index (χ0n) is 18.9. The van der Waals surface area contributed by atoms with Gasteiger partial charge in [-0.2, -0.15) is 13.2 Å². The largest absolute Gasteiger partial charge is 0.409 e. The molecule has 0 atom stereocenters. The molecule has 0 aromatic heterocycles. The Labute approximate surface area is 185 Å². The molecule has 2 fully saturated rings. The average Bonchev–Trinajstić information content (AvgIpc) is 2.76. The normalized spacial score (nSPS) is 27.6. The van der Waals surface area contributed by atoms with Crippen LogP contribution >= 0.6 is 0 Å². The smallest absolute Gasteiger partial charge is 0.206 e. The molecule has 0 heterocycles. The van der Waals surface area contributed by atoms with E-state index < -0.39 is 12.0 Å². The summed E-state index contributed by atoms with van der Waals surface area (Å²) in [5.74, 6) is 2.38. The van der Waals surface area contributed by atoms with Crippen molar-refractivity contribution in [3.63, 3.8) is 0 Å². The lowest BCUT2D eigenvalue weighted by Crippen LogP contribution is -2.25. The molecule has 1 aromatic carbocycles. The molecule has 2 saturated carbocycles. The first-order valence-corrected chi connectivity index (χ1v) is 12.4. The van der Waals surface area contributed by atoms with E-state index in [2.05, 4.69) is 6.92 Å². The Balaban J connectivity index is 1.44. The Bertz CT molecular complexity index is 690. The van der Waals surface area contributed by atoms with Crippen molar-refractivity contribution in [3.8, 4) is 0 Å². The highest BCUT2D eigenvalue weighted by atomic mass is 19.4. The Morgan fingerprint density at radius 3 is 2.10 bits per heavy atom. The Kier molecular flexibility index (Phi) is 9.04. The average molecular weight is 439 g/mol. The second-order valence-electron chi connectivity index (χ2n) is 9.90. The van der Waals surface area contributed by atoms with Gasteiger partial charge in [0.15, 0.2) is 0 Å². The number of unbranched alkanes of at least 4 members (excludes halogenated alkanes) is 3. The fraction of sp³-hybridized carbons (Fsp3) is 0.704. The maximum Gasteiger partial charge on any atom is 0.409 e. The summed E-state index contributed by atoms with van der Waals surface area (Å²) in [5.41, 5.74) is 0.942. The Morgan fingerprint density at radius 2 is 1.52 bits per heavy atom. The second kappa shape index (κ2) is 11.5. The van der Waals surface area contributed by atoms with E-state index in [9.17, 15) is 17.6 Å². The number of halogens is 4. The summed E-state index contributed by atoms with van der Waals surface area (Å²) in [6, 6.07) is 4.75. The van der Waals surface area contributed by atoms with Crippen molar-refractivity contribution in [3.05, 3.63) is 41.2 Å². The molecule has 0 N–H and O–H groups in total. The van der Waals surface area contributed by atoms with Gasteiger partial charge in [-0.15, -0.1) is 0 Å². The van der Waals surface area contributed by atoms with E-state index >= 15 is 0 Å². The van der Waals surface area contributed by atoms with Crippen molar-refractivity contribution < 1.29 is 17.6 Å². The molecule has 4 heteroatoms. The van der Waals surface area contributed by atoms with Crippen LogP contribution in [0.15, 0.2) is 24.3 Å². The van der Waals surface area contributed by atoms with Crippen LogP contribution in [-0.4, -0.2) is 6.18 Å². The Hall–Kier alpha value is -1.32. The number of hydrogen-bond acceptors (Lipinski definition) is 0. The maximum absolute atomic E-state index is 14.3. The van der Waals surface area contributed by atoms with E-state index in [4.69, 9.17) is 0 Å². The molecule has 0 radical (unpaired) electrons. The van der Waals surface area contributed by atoms with Gasteiger partial charge in [0.25, 0.3) is 0 Å². The van der Waals surface area contributed by atoms with Crippen molar-refractivity contribution in [2.24, 2.45) is 17.8 Å². The summed E-state index contributed by atoms with van der Waals surface area (Å²) in [7, 11) is 0. The molecular weight excluding hydrogens is 400 g/mol. The summed E-state index contributed by atoms with van der Waals surface area (Å²) in [6.07, 6.45) is 13.5. The lowest BCUT2D eigenvalue weighted by molar-refractivity contribution is -0.0790. The first-order valence-electron chi connectivity index (χ1n) is 12.4. The second-order valence-corrected chi connectivity index (χ2v) is 9.90. The van der Waals surface area contributed by atoms with Crippen LogP contribution in [0.4, 0.5) is 17.6 Å². The zero-order chi connectivity index (χ0) is 22.3. The SMILES string of the molecule is CCCCCCC1CCC(C2CCC(c3ccc(C=CC(F)(F)F)c(F)c3)CC2)CC1. The minimum absolute atomic E-state index is 0.00112. The zero-order valence-corrected chi connectivity index (χ0v) is 18.9. The van der Waals surface area contributed by atoms with Crippen molar-refractivity contribution in [2.75, 3.05) is 0 Å². The highest BCUT2D eigenvalue weighted by molar-refractivity contribution is 5.51. The summed E-state index contributed by atoms with van der Waals surface area (Å²) in [5, 5.41) is 0. The summed E-state index contributed by atoms with van der Waals surface area (Å²) in [6.45, 7) is 2.27. The fourth-order valence-corrected chi connectivity index (χ4v) is 5.85. The monoisotopic (exact) mass is 438 g/mol. The van der Waals surface area contributed by atoms with Gasteiger partial charge in [0.05, 0.1) is 0 Å². The minimum Gasteiger partial charge on any atom is -0.206 e. The fourth-order valence-electron chi connectivity index (χ4n) is 5.85. The predicted molar refractivity (Wildman–Crippen MR) is 120 cm³/mol. The van der Waals surface area contributed by atoms with Gasteiger partial charge in [-0.1, -0.05) is 64.0 Å². The molecule has 0 saturated heterocycles. The van der Waals surface area contributed by atoms with Gasteiger partial charge in [0, 0.05) is 11.6 Å². The standard InChI is InChI=1S/C27H38F4/c1-2-3-4-5-6-20-7-9-21(10-8-20)22-11-13-23(14-12-22)25-16-15-24(26(28)19-25)17-18-27(29,30)31/h15-23H,2-14H2,1H3. The number of alkyl halides is 3. The van der Waals surface area contributed by atoms with Crippen molar-refractivity contribution >= 4 is 6.08 Å². The van der Waals surface area contributed by atoms with Crippen molar-refractivity contribution in [1.29, 1.82) is 0 Å². The summed E-state index contributed by atoms with van der Waals surface area (Å²) >= 11 is 0. The first-order chi connectivity index (χ1) is 14.9. The van der Waals surface area contributed by atoms with Crippen LogP contribution in [0.1, 0.15) is 107 Å². The van der Waals surface area contributed by atoms with Gasteiger partial charge >= 0.3 is 6.18 Å². The number of allylic oxidation sites excluding steroid dienone is 1. The molecule has 0 spiro atoms. The molecule has 2 aliphatic rings. The molecule has 1 aromatic rings. The van der Waals surface area contributed by atoms with Crippen LogP contribution in [0.2, 0.25) is 0 Å². The van der Waals surface area contributed by atoms with E-state index in [1.807, 2.05) is 6.07 Å². The van der Waals surface area contributed by atoms with E-state index in [1.165, 1.54) is 82.8 Å².